The normalized spacial score (nSPS) is 23.1. The van der Waals surface area contributed by atoms with Crippen LogP contribution < -0.4 is 0 Å². The van der Waals surface area contributed by atoms with Crippen LogP contribution in [0.25, 0.3) is 0 Å². The molecule has 2 heterocycles. The van der Waals surface area contributed by atoms with Gasteiger partial charge in [0.1, 0.15) is 0 Å². The number of carbonyl (C=O) groups is 1. The summed E-state index contributed by atoms with van der Waals surface area (Å²) in [5, 5.41) is 8.67. The summed E-state index contributed by atoms with van der Waals surface area (Å²) in [6.07, 6.45) is 4.39. The van der Waals surface area contributed by atoms with Crippen molar-refractivity contribution in [3.8, 4) is 0 Å². The van der Waals surface area contributed by atoms with E-state index in [1.54, 1.807) is 0 Å². The number of hydrogen-bond acceptors (Lipinski definition) is 2. The van der Waals surface area contributed by atoms with Crippen LogP contribution in [0.3, 0.4) is 0 Å². The first kappa shape index (κ1) is 10.7. The molecule has 86 valence electrons. The topological polar surface area (TPSA) is 43.8 Å². The zero-order valence-corrected chi connectivity index (χ0v) is 9.19. The molecular formula is C11H20N2O2. The minimum atomic E-state index is -0.759. The lowest BCUT2D eigenvalue weighted by atomic mass is 9.95. The fourth-order valence-electron chi connectivity index (χ4n) is 2.52. The van der Waals surface area contributed by atoms with E-state index in [4.69, 9.17) is 5.11 Å². The first-order chi connectivity index (χ1) is 7.25. The van der Waals surface area contributed by atoms with Crippen LogP contribution in [0.2, 0.25) is 0 Å². The Hall–Kier alpha value is -0.770. The van der Waals surface area contributed by atoms with Gasteiger partial charge in [-0.2, -0.15) is 0 Å². The molecule has 1 N–H and O–H groups in total. The molecule has 2 fully saturated rings. The third-order valence-corrected chi connectivity index (χ3v) is 3.51. The molecule has 0 spiro atoms. The van der Waals surface area contributed by atoms with Crippen molar-refractivity contribution in [1.82, 2.24) is 9.80 Å². The van der Waals surface area contributed by atoms with Crippen LogP contribution in [0.15, 0.2) is 0 Å². The third-order valence-electron chi connectivity index (χ3n) is 3.51. The van der Waals surface area contributed by atoms with Gasteiger partial charge in [0.25, 0.3) is 0 Å². The van der Waals surface area contributed by atoms with Gasteiger partial charge in [0.05, 0.1) is 0 Å². The quantitative estimate of drug-likeness (QED) is 0.767. The average molecular weight is 212 g/mol. The Labute approximate surface area is 90.9 Å². The van der Waals surface area contributed by atoms with Crippen molar-refractivity contribution in [3.05, 3.63) is 0 Å². The van der Waals surface area contributed by atoms with E-state index in [1.807, 2.05) is 0 Å². The molecule has 2 saturated heterocycles. The largest absolute Gasteiger partial charge is 0.465 e. The van der Waals surface area contributed by atoms with Gasteiger partial charge in [-0.25, -0.2) is 4.79 Å². The van der Waals surface area contributed by atoms with Gasteiger partial charge in [-0.05, 0) is 51.2 Å². The monoisotopic (exact) mass is 212 g/mol. The van der Waals surface area contributed by atoms with Crippen molar-refractivity contribution in [3.63, 3.8) is 0 Å². The Morgan fingerprint density at radius 1 is 1.27 bits per heavy atom. The maximum atomic E-state index is 10.5. The van der Waals surface area contributed by atoms with E-state index in [-0.39, 0.29) is 0 Å². The first-order valence-corrected chi connectivity index (χ1v) is 5.96. The molecular weight excluding hydrogens is 192 g/mol. The summed E-state index contributed by atoms with van der Waals surface area (Å²) in [5.74, 6) is 0.628. The summed E-state index contributed by atoms with van der Waals surface area (Å²) < 4.78 is 0. The lowest BCUT2D eigenvalue weighted by Crippen LogP contribution is -2.49. The van der Waals surface area contributed by atoms with Gasteiger partial charge in [0.2, 0.25) is 0 Å². The summed E-state index contributed by atoms with van der Waals surface area (Å²) in [6.45, 7) is 5.27. The van der Waals surface area contributed by atoms with Crippen molar-refractivity contribution in [2.45, 2.75) is 25.7 Å². The van der Waals surface area contributed by atoms with Gasteiger partial charge in [-0.3, -0.25) is 0 Å². The predicted octanol–water partition coefficient (Wildman–Crippen LogP) is 1.47. The number of amides is 1. The van der Waals surface area contributed by atoms with E-state index in [2.05, 4.69) is 4.90 Å². The van der Waals surface area contributed by atoms with Crippen LogP contribution in [-0.2, 0) is 0 Å². The molecule has 1 amide bonds. The summed E-state index contributed by atoms with van der Waals surface area (Å²) in [7, 11) is 0. The van der Waals surface area contributed by atoms with Gasteiger partial charge in [-0.15, -0.1) is 0 Å². The van der Waals surface area contributed by atoms with Crippen molar-refractivity contribution in [2.75, 3.05) is 32.7 Å². The molecule has 0 aromatic carbocycles. The fourth-order valence-corrected chi connectivity index (χ4v) is 2.52. The van der Waals surface area contributed by atoms with E-state index < -0.39 is 6.09 Å². The Bertz CT molecular complexity index is 221. The van der Waals surface area contributed by atoms with Crippen molar-refractivity contribution in [1.29, 1.82) is 0 Å². The molecule has 2 aliphatic rings. The van der Waals surface area contributed by atoms with E-state index in [1.165, 1.54) is 50.2 Å². The Morgan fingerprint density at radius 2 is 1.93 bits per heavy atom. The van der Waals surface area contributed by atoms with Crippen molar-refractivity contribution >= 4 is 6.09 Å². The molecule has 0 aromatic rings. The summed E-state index contributed by atoms with van der Waals surface area (Å²) in [5.41, 5.74) is 0. The molecule has 4 nitrogen and oxygen atoms in total. The fraction of sp³-hybridized carbons (Fsp3) is 0.909. The van der Waals surface area contributed by atoms with Crippen LogP contribution in [0.1, 0.15) is 25.7 Å². The van der Waals surface area contributed by atoms with Crippen LogP contribution in [-0.4, -0.2) is 53.7 Å². The minimum Gasteiger partial charge on any atom is -0.465 e. The minimum absolute atomic E-state index is 0.628. The number of hydrogen-bond donors (Lipinski definition) is 1. The standard InChI is InChI=1S/C11H20N2O2/c14-11(15)13-8-10(9-13)4-3-7-12-5-1-2-6-12/h10H,1-9H2,(H,14,15). The molecule has 0 atom stereocenters. The lowest BCUT2D eigenvalue weighted by Gasteiger charge is -2.37. The molecule has 0 radical (unpaired) electrons. The smallest absolute Gasteiger partial charge is 0.407 e. The highest BCUT2D eigenvalue weighted by Crippen LogP contribution is 2.21. The van der Waals surface area contributed by atoms with Gasteiger partial charge in [0.15, 0.2) is 0 Å². The number of carboxylic acid groups (broad SMARTS) is 1. The molecule has 15 heavy (non-hydrogen) atoms. The van der Waals surface area contributed by atoms with Crippen molar-refractivity contribution in [2.24, 2.45) is 5.92 Å². The highest BCUT2D eigenvalue weighted by Gasteiger charge is 2.29. The van der Waals surface area contributed by atoms with Crippen LogP contribution in [0.4, 0.5) is 4.79 Å². The Kier molecular flexibility index (Phi) is 3.46. The second-order valence-corrected chi connectivity index (χ2v) is 4.74. The molecule has 0 aromatic heterocycles. The summed E-state index contributed by atoms with van der Waals surface area (Å²) >= 11 is 0. The zero-order chi connectivity index (χ0) is 10.7. The first-order valence-electron chi connectivity index (χ1n) is 5.96. The Morgan fingerprint density at radius 3 is 2.53 bits per heavy atom. The molecule has 0 saturated carbocycles. The van der Waals surface area contributed by atoms with Crippen LogP contribution in [0.5, 0.6) is 0 Å². The maximum absolute atomic E-state index is 10.5. The third kappa shape index (κ3) is 2.84. The van der Waals surface area contributed by atoms with Crippen molar-refractivity contribution < 1.29 is 9.90 Å². The summed E-state index contributed by atoms with van der Waals surface area (Å²) in [4.78, 5) is 14.5. The maximum Gasteiger partial charge on any atom is 0.407 e. The number of rotatable bonds is 4. The molecule has 0 unspecified atom stereocenters. The molecule has 4 heteroatoms. The highest BCUT2D eigenvalue weighted by molar-refractivity contribution is 5.65. The predicted molar refractivity (Wildman–Crippen MR) is 58.0 cm³/mol. The molecule has 2 aliphatic heterocycles. The second-order valence-electron chi connectivity index (χ2n) is 4.74. The molecule has 0 bridgehead atoms. The second kappa shape index (κ2) is 4.84. The van der Waals surface area contributed by atoms with Crippen LogP contribution in [0, 0.1) is 5.92 Å². The van der Waals surface area contributed by atoms with E-state index in [0.717, 1.165) is 13.1 Å². The van der Waals surface area contributed by atoms with Gasteiger partial charge >= 0.3 is 6.09 Å². The van der Waals surface area contributed by atoms with Crippen LogP contribution >= 0.6 is 0 Å². The van der Waals surface area contributed by atoms with Gasteiger partial charge in [-0.1, -0.05) is 0 Å². The average Bonchev–Trinajstić information content (AvgIpc) is 2.60. The van der Waals surface area contributed by atoms with E-state index >= 15 is 0 Å². The highest BCUT2D eigenvalue weighted by atomic mass is 16.4. The van der Waals surface area contributed by atoms with Gasteiger partial charge in [0, 0.05) is 13.1 Å². The molecule has 0 aliphatic carbocycles. The Balaban J connectivity index is 1.51. The van der Waals surface area contributed by atoms with E-state index in [0.29, 0.717) is 5.92 Å². The number of likely N-dealkylation sites (tertiary alicyclic amines) is 2. The van der Waals surface area contributed by atoms with E-state index in [9.17, 15) is 4.79 Å². The zero-order valence-electron chi connectivity index (χ0n) is 9.19. The molecule has 2 rings (SSSR count). The number of nitrogens with zero attached hydrogens (tertiary/aromatic N) is 2. The van der Waals surface area contributed by atoms with Gasteiger partial charge < -0.3 is 14.9 Å². The summed E-state index contributed by atoms with van der Waals surface area (Å²) in [6, 6.07) is 0. The SMILES string of the molecule is O=C(O)N1CC(CCCN2CCCC2)C1. The lowest BCUT2D eigenvalue weighted by molar-refractivity contribution is 0.0764.